The van der Waals surface area contributed by atoms with Gasteiger partial charge in [-0.05, 0) is 39.2 Å². The van der Waals surface area contributed by atoms with Gasteiger partial charge in [-0.15, -0.1) is 0 Å². The number of amides is 1. The number of carboxylic acids is 1. The second kappa shape index (κ2) is 8.41. The first-order valence-electron chi connectivity index (χ1n) is 9.60. The van der Waals surface area contributed by atoms with E-state index in [0.29, 0.717) is 30.2 Å². The van der Waals surface area contributed by atoms with Crippen LogP contribution in [-0.2, 0) is 0 Å². The zero-order valence-electron chi connectivity index (χ0n) is 16.5. The molecule has 1 aliphatic rings. The zero-order valence-corrected chi connectivity index (χ0v) is 16.5. The van der Waals surface area contributed by atoms with Crippen LogP contribution in [0.15, 0.2) is 24.5 Å². The largest absolute Gasteiger partial charge is 0.478 e. The van der Waals surface area contributed by atoms with Gasteiger partial charge in [0.2, 0.25) is 5.88 Å². The molecular formula is C20H26N4O4. The van der Waals surface area contributed by atoms with E-state index in [1.807, 2.05) is 18.7 Å². The SMILES string of the molecule is CCC(C)Oc1cc(C(=O)N2CCC(n3ncc(C(=O)O)c3C)CC2)ccn1. The summed E-state index contributed by atoms with van der Waals surface area (Å²) in [6.07, 6.45) is 5.36. The Morgan fingerprint density at radius 3 is 2.68 bits per heavy atom. The lowest BCUT2D eigenvalue weighted by molar-refractivity contribution is 0.0687. The quantitative estimate of drug-likeness (QED) is 0.820. The van der Waals surface area contributed by atoms with Crippen LogP contribution in [0.3, 0.4) is 0 Å². The Kier molecular flexibility index (Phi) is 5.96. The lowest BCUT2D eigenvalue weighted by atomic mass is 10.0. The number of aromatic carboxylic acids is 1. The molecule has 0 spiro atoms. The molecule has 1 fully saturated rings. The molecule has 1 amide bonds. The van der Waals surface area contributed by atoms with Crippen molar-refractivity contribution in [2.75, 3.05) is 13.1 Å². The van der Waals surface area contributed by atoms with E-state index in [9.17, 15) is 14.7 Å². The van der Waals surface area contributed by atoms with Gasteiger partial charge >= 0.3 is 5.97 Å². The van der Waals surface area contributed by atoms with E-state index in [1.54, 1.807) is 29.9 Å². The number of carbonyl (C=O) groups is 2. The Hall–Kier alpha value is -2.90. The Morgan fingerprint density at radius 2 is 2.07 bits per heavy atom. The molecule has 2 aromatic rings. The number of piperidine rings is 1. The molecule has 8 heteroatoms. The maximum absolute atomic E-state index is 12.9. The van der Waals surface area contributed by atoms with Gasteiger partial charge in [0.05, 0.1) is 24.0 Å². The molecule has 0 radical (unpaired) electrons. The number of aromatic nitrogens is 3. The molecule has 3 rings (SSSR count). The summed E-state index contributed by atoms with van der Waals surface area (Å²) in [5.41, 5.74) is 1.44. The van der Waals surface area contributed by atoms with E-state index in [-0.39, 0.29) is 23.6 Å². The van der Waals surface area contributed by atoms with Crippen LogP contribution in [0.4, 0.5) is 0 Å². The highest BCUT2D eigenvalue weighted by atomic mass is 16.5. The fraction of sp³-hybridized carbons (Fsp3) is 0.500. The molecule has 0 aliphatic carbocycles. The fourth-order valence-corrected chi connectivity index (χ4v) is 3.39. The van der Waals surface area contributed by atoms with Crippen LogP contribution >= 0.6 is 0 Å². The normalized spacial score (nSPS) is 16.0. The number of hydrogen-bond acceptors (Lipinski definition) is 5. The number of rotatable bonds is 6. The van der Waals surface area contributed by atoms with Crippen LogP contribution in [0.1, 0.15) is 65.6 Å². The van der Waals surface area contributed by atoms with E-state index in [4.69, 9.17) is 4.74 Å². The number of carbonyl (C=O) groups excluding carboxylic acids is 1. The highest BCUT2D eigenvalue weighted by molar-refractivity contribution is 5.94. The van der Waals surface area contributed by atoms with Crippen LogP contribution in [0.2, 0.25) is 0 Å². The molecule has 8 nitrogen and oxygen atoms in total. The highest BCUT2D eigenvalue weighted by Gasteiger charge is 2.27. The average Bonchev–Trinajstić information content (AvgIpc) is 3.09. The van der Waals surface area contributed by atoms with Crippen molar-refractivity contribution >= 4 is 11.9 Å². The predicted octanol–water partition coefficient (Wildman–Crippen LogP) is 2.94. The summed E-state index contributed by atoms with van der Waals surface area (Å²) in [4.78, 5) is 30.1. The first-order chi connectivity index (χ1) is 13.4. The summed E-state index contributed by atoms with van der Waals surface area (Å²) < 4.78 is 7.48. The topological polar surface area (TPSA) is 97.6 Å². The number of carboxylic acid groups (broad SMARTS) is 1. The third-order valence-electron chi connectivity index (χ3n) is 5.25. The number of likely N-dealkylation sites (tertiary alicyclic amines) is 1. The summed E-state index contributed by atoms with van der Waals surface area (Å²) in [5.74, 6) is -0.550. The van der Waals surface area contributed by atoms with E-state index in [0.717, 1.165) is 19.3 Å². The van der Waals surface area contributed by atoms with Crippen molar-refractivity contribution in [3.8, 4) is 5.88 Å². The van der Waals surface area contributed by atoms with Crippen molar-refractivity contribution in [3.05, 3.63) is 41.3 Å². The molecule has 0 saturated carbocycles. The minimum atomic E-state index is -0.968. The van der Waals surface area contributed by atoms with Gasteiger partial charge in [-0.3, -0.25) is 9.48 Å². The summed E-state index contributed by atoms with van der Waals surface area (Å²) in [6.45, 7) is 6.95. The van der Waals surface area contributed by atoms with Gasteiger partial charge in [-0.1, -0.05) is 6.92 Å². The number of pyridine rings is 1. The molecule has 3 heterocycles. The zero-order chi connectivity index (χ0) is 20.3. The molecule has 1 aliphatic heterocycles. The van der Waals surface area contributed by atoms with Crippen LogP contribution < -0.4 is 4.74 Å². The summed E-state index contributed by atoms with van der Waals surface area (Å²) in [7, 11) is 0. The van der Waals surface area contributed by atoms with Crippen LogP contribution in [0, 0.1) is 6.92 Å². The lowest BCUT2D eigenvalue weighted by Crippen LogP contribution is -2.39. The Labute approximate surface area is 164 Å². The first kappa shape index (κ1) is 19.9. The molecule has 150 valence electrons. The van der Waals surface area contributed by atoms with Gasteiger partial charge in [-0.2, -0.15) is 5.10 Å². The first-order valence-corrected chi connectivity index (χ1v) is 9.60. The molecule has 0 aromatic carbocycles. The van der Waals surface area contributed by atoms with E-state index < -0.39 is 5.97 Å². The molecule has 2 aromatic heterocycles. The second-order valence-corrected chi connectivity index (χ2v) is 7.14. The highest BCUT2D eigenvalue weighted by Crippen LogP contribution is 2.26. The van der Waals surface area contributed by atoms with Crippen LogP contribution in [0.5, 0.6) is 5.88 Å². The second-order valence-electron chi connectivity index (χ2n) is 7.14. The lowest BCUT2D eigenvalue weighted by Gasteiger charge is -2.32. The molecular weight excluding hydrogens is 360 g/mol. The fourth-order valence-electron chi connectivity index (χ4n) is 3.39. The number of ether oxygens (including phenoxy) is 1. The third-order valence-corrected chi connectivity index (χ3v) is 5.25. The number of nitrogens with zero attached hydrogens (tertiary/aromatic N) is 4. The van der Waals surface area contributed by atoms with Gasteiger partial charge in [0.1, 0.15) is 5.56 Å². The number of hydrogen-bond donors (Lipinski definition) is 1. The van der Waals surface area contributed by atoms with Crippen LogP contribution in [-0.4, -0.2) is 55.8 Å². The minimum Gasteiger partial charge on any atom is -0.478 e. The van der Waals surface area contributed by atoms with Crippen molar-refractivity contribution < 1.29 is 19.4 Å². The molecule has 1 atom stereocenters. The van der Waals surface area contributed by atoms with Crippen molar-refractivity contribution in [2.45, 2.75) is 52.2 Å². The minimum absolute atomic E-state index is 0.0431. The van der Waals surface area contributed by atoms with Gasteiger partial charge < -0.3 is 14.7 Å². The standard InChI is InChI=1S/C20H26N4O4/c1-4-13(2)28-18-11-15(5-8-21-18)19(25)23-9-6-16(7-10-23)24-14(3)17(12-22-24)20(26)27/h5,8,11-13,16H,4,6-7,9-10H2,1-3H3,(H,26,27). The van der Waals surface area contributed by atoms with Crippen molar-refractivity contribution in [3.63, 3.8) is 0 Å². The Morgan fingerprint density at radius 1 is 1.36 bits per heavy atom. The molecule has 0 bridgehead atoms. The van der Waals surface area contributed by atoms with E-state index >= 15 is 0 Å². The van der Waals surface area contributed by atoms with E-state index in [2.05, 4.69) is 10.1 Å². The Balaban J connectivity index is 1.64. The summed E-state index contributed by atoms with van der Waals surface area (Å²) in [6, 6.07) is 3.49. The van der Waals surface area contributed by atoms with Crippen LogP contribution in [0.25, 0.3) is 0 Å². The van der Waals surface area contributed by atoms with Gasteiger partial charge in [-0.25, -0.2) is 9.78 Å². The van der Waals surface area contributed by atoms with Gasteiger partial charge in [0.15, 0.2) is 0 Å². The average molecular weight is 386 g/mol. The maximum Gasteiger partial charge on any atom is 0.339 e. The van der Waals surface area contributed by atoms with Crippen molar-refractivity contribution in [1.82, 2.24) is 19.7 Å². The molecule has 1 N–H and O–H groups in total. The van der Waals surface area contributed by atoms with E-state index in [1.165, 1.54) is 6.20 Å². The maximum atomic E-state index is 12.9. The third kappa shape index (κ3) is 4.16. The Bertz CT molecular complexity index is 856. The van der Waals surface area contributed by atoms with Crippen molar-refractivity contribution in [2.24, 2.45) is 0 Å². The molecule has 1 unspecified atom stereocenters. The predicted molar refractivity (Wildman–Crippen MR) is 103 cm³/mol. The van der Waals surface area contributed by atoms with Gasteiger partial charge in [0, 0.05) is 30.9 Å². The summed E-state index contributed by atoms with van der Waals surface area (Å²) in [5, 5.41) is 13.4. The van der Waals surface area contributed by atoms with Crippen molar-refractivity contribution in [1.29, 1.82) is 0 Å². The van der Waals surface area contributed by atoms with Gasteiger partial charge in [0.25, 0.3) is 5.91 Å². The monoisotopic (exact) mass is 386 g/mol. The summed E-state index contributed by atoms with van der Waals surface area (Å²) >= 11 is 0. The smallest absolute Gasteiger partial charge is 0.339 e. The molecule has 28 heavy (non-hydrogen) atoms. The molecule has 1 saturated heterocycles.